The van der Waals surface area contributed by atoms with E-state index in [-0.39, 0.29) is 17.8 Å². The fraction of sp³-hybridized carbons (Fsp3) is 0.391. The zero-order valence-electron chi connectivity index (χ0n) is 17.1. The summed E-state index contributed by atoms with van der Waals surface area (Å²) in [6.07, 6.45) is 4.25. The van der Waals surface area contributed by atoms with Gasteiger partial charge >= 0.3 is 5.97 Å². The van der Waals surface area contributed by atoms with E-state index in [1.54, 1.807) is 35.6 Å². The molecule has 0 saturated carbocycles. The Kier molecular flexibility index (Phi) is 5.81. The molecule has 1 atom stereocenters. The molecular weight excluding hydrogens is 400 g/mol. The van der Waals surface area contributed by atoms with E-state index in [1.807, 2.05) is 13.0 Å². The highest BCUT2D eigenvalue weighted by Gasteiger charge is 2.31. The summed E-state index contributed by atoms with van der Waals surface area (Å²) in [5, 5.41) is 0.614. The second-order valence-electron chi connectivity index (χ2n) is 7.47. The van der Waals surface area contributed by atoms with Crippen LogP contribution in [0.4, 0.5) is 0 Å². The summed E-state index contributed by atoms with van der Waals surface area (Å²) in [6.45, 7) is 1.90. The number of hydrogen-bond acceptors (Lipinski definition) is 6. The van der Waals surface area contributed by atoms with Gasteiger partial charge in [0.15, 0.2) is 5.78 Å². The number of ketones is 1. The Bertz CT molecular complexity index is 1160. The van der Waals surface area contributed by atoms with Crippen LogP contribution >= 0.6 is 11.3 Å². The van der Waals surface area contributed by atoms with Gasteiger partial charge in [-0.15, -0.1) is 11.3 Å². The summed E-state index contributed by atoms with van der Waals surface area (Å²) in [5.41, 5.74) is 1.29. The Morgan fingerprint density at radius 3 is 2.63 bits per heavy atom. The van der Waals surface area contributed by atoms with Crippen LogP contribution < -0.4 is 5.56 Å². The molecule has 0 fully saturated rings. The lowest BCUT2D eigenvalue weighted by Gasteiger charge is -2.21. The highest BCUT2D eigenvalue weighted by molar-refractivity contribution is 7.18. The predicted molar refractivity (Wildman–Crippen MR) is 116 cm³/mol. The van der Waals surface area contributed by atoms with Gasteiger partial charge < -0.3 is 4.74 Å². The first kappa shape index (κ1) is 20.5. The van der Waals surface area contributed by atoms with Crippen LogP contribution in [0.15, 0.2) is 35.1 Å². The van der Waals surface area contributed by atoms with Crippen molar-refractivity contribution in [3.63, 3.8) is 0 Å². The van der Waals surface area contributed by atoms with E-state index in [0.29, 0.717) is 23.2 Å². The van der Waals surface area contributed by atoms with Crippen molar-refractivity contribution in [3.05, 3.63) is 62.5 Å². The van der Waals surface area contributed by atoms with Crippen molar-refractivity contribution in [2.45, 2.75) is 51.5 Å². The van der Waals surface area contributed by atoms with Crippen molar-refractivity contribution < 1.29 is 14.3 Å². The van der Waals surface area contributed by atoms with Gasteiger partial charge in [-0.25, -0.2) is 4.98 Å². The normalized spacial score (nSPS) is 14.3. The van der Waals surface area contributed by atoms with Gasteiger partial charge in [0.2, 0.25) is 0 Å². The first-order valence-electron chi connectivity index (χ1n) is 10.3. The van der Waals surface area contributed by atoms with Crippen LogP contribution in [-0.4, -0.2) is 28.4 Å². The van der Waals surface area contributed by atoms with Crippen molar-refractivity contribution in [2.75, 3.05) is 7.11 Å². The SMILES string of the molecule is CCc1nc2sc3c(c2c(=O)n1C(CC(=O)OC)C(=O)c1ccccc1)CCCC3. The van der Waals surface area contributed by atoms with Crippen LogP contribution in [0.2, 0.25) is 0 Å². The Labute approximate surface area is 178 Å². The van der Waals surface area contributed by atoms with Gasteiger partial charge in [0.05, 0.1) is 18.9 Å². The molecule has 0 N–H and O–H groups in total. The maximum absolute atomic E-state index is 13.7. The summed E-state index contributed by atoms with van der Waals surface area (Å²) >= 11 is 1.59. The molecule has 3 aromatic rings. The van der Waals surface area contributed by atoms with Gasteiger partial charge in [-0.05, 0) is 31.2 Å². The largest absolute Gasteiger partial charge is 0.469 e. The summed E-state index contributed by atoms with van der Waals surface area (Å²) in [6, 6.07) is 7.76. The Hall–Kier alpha value is -2.80. The number of aromatic nitrogens is 2. The monoisotopic (exact) mass is 424 g/mol. The Balaban J connectivity index is 1.94. The van der Waals surface area contributed by atoms with Gasteiger partial charge in [-0.2, -0.15) is 0 Å². The molecule has 0 radical (unpaired) electrons. The maximum atomic E-state index is 13.7. The first-order valence-corrected chi connectivity index (χ1v) is 11.1. The quantitative estimate of drug-likeness (QED) is 0.443. The molecule has 0 amide bonds. The lowest BCUT2D eigenvalue weighted by Crippen LogP contribution is -2.35. The van der Waals surface area contributed by atoms with Crippen LogP contribution in [0.5, 0.6) is 0 Å². The lowest BCUT2D eigenvalue weighted by molar-refractivity contribution is -0.141. The molecule has 1 aliphatic rings. The molecular formula is C23H24N2O4S. The highest BCUT2D eigenvalue weighted by atomic mass is 32.1. The standard InChI is InChI=1S/C23H24N2O4S/c1-3-18-24-22-20(15-11-7-8-12-17(15)30-22)23(28)25(18)16(13-19(26)29-2)21(27)14-9-5-4-6-10-14/h4-6,9-10,16H,3,7-8,11-13H2,1-2H3. The molecule has 1 aliphatic carbocycles. The number of benzene rings is 1. The molecule has 7 heteroatoms. The number of carbonyl (C=O) groups excluding carboxylic acids is 2. The fourth-order valence-corrected chi connectivity index (χ4v) is 5.44. The van der Waals surface area contributed by atoms with Crippen LogP contribution in [0.1, 0.15) is 58.9 Å². The minimum absolute atomic E-state index is 0.212. The number of nitrogens with zero attached hydrogens (tertiary/aromatic N) is 2. The van der Waals surface area contributed by atoms with Crippen molar-refractivity contribution in [2.24, 2.45) is 0 Å². The molecule has 0 aliphatic heterocycles. The summed E-state index contributed by atoms with van der Waals surface area (Å²) in [7, 11) is 1.28. The number of ether oxygens (including phenoxy) is 1. The Morgan fingerprint density at radius 1 is 1.20 bits per heavy atom. The van der Waals surface area contributed by atoms with Crippen molar-refractivity contribution >= 4 is 33.3 Å². The molecule has 30 heavy (non-hydrogen) atoms. The van der Waals surface area contributed by atoms with Crippen LogP contribution in [0.25, 0.3) is 10.2 Å². The van der Waals surface area contributed by atoms with Crippen molar-refractivity contribution in [1.82, 2.24) is 9.55 Å². The topological polar surface area (TPSA) is 78.3 Å². The predicted octanol–water partition coefficient (Wildman–Crippen LogP) is 3.89. The second-order valence-corrected chi connectivity index (χ2v) is 8.56. The highest BCUT2D eigenvalue weighted by Crippen LogP contribution is 2.34. The lowest BCUT2D eigenvalue weighted by atomic mass is 9.96. The summed E-state index contributed by atoms with van der Waals surface area (Å²) in [4.78, 5) is 46.0. The average Bonchev–Trinajstić information content (AvgIpc) is 3.16. The number of methoxy groups -OCH3 is 1. The summed E-state index contributed by atoms with van der Waals surface area (Å²) < 4.78 is 6.28. The zero-order valence-corrected chi connectivity index (χ0v) is 18.0. The third kappa shape index (κ3) is 3.58. The summed E-state index contributed by atoms with van der Waals surface area (Å²) in [5.74, 6) is -0.307. The molecule has 4 rings (SSSR count). The number of hydrogen-bond donors (Lipinski definition) is 0. The van der Waals surface area contributed by atoms with E-state index in [9.17, 15) is 14.4 Å². The van der Waals surface area contributed by atoms with Crippen LogP contribution in [0.3, 0.4) is 0 Å². The third-order valence-electron chi connectivity index (χ3n) is 5.67. The van der Waals surface area contributed by atoms with E-state index in [0.717, 1.165) is 36.1 Å². The van der Waals surface area contributed by atoms with E-state index < -0.39 is 12.0 Å². The number of aryl methyl sites for hydroxylation is 3. The zero-order chi connectivity index (χ0) is 21.3. The second kappa shape index (κ2) is 8.52. The van der Waals surface area contributed by atoms with Gasteiger partial charge in [0, 0.05) is 16.9 Å². The van der Waals surface area contributed by atoms with Gasteiger partial charge in [-0.3, -0.25) is 19.0 Å². The fourth-order valence-electron chi connectivity index (χ4n) is 4.17. The minimum atomic E-state index is -0.988. The van der Waals surface area contributed by atoms with Crippen molar-refractivity contribution in [1.29, 1.82) is 0 Å². The molecule has 1 aromatic carbocycles. The van der Waals surface area contributed by atoms with Crippen molar-refractivity contribution in [3.8, 4) is 0 Å². The minimum Gasteiger partial charge on any atom is -0.469 e. The number of thiophene rings is 1. The molecule has 2 aromatic heterocycles. The van der Waals surface area contributed by atoms with Crippen LogP contribution in [0, 0.1) is 0 Å². The van der Waals surface area contributed by atoms with E-state index >= 15 is 0 Å². The molecule has 0 bridgehead atoms. The molecule has 0 spiro atoms. The van der Waals surface area contributed by atoms with Gasteiger partial charge in [-0.1, -0.05) is 37.3 Å². The maximum Gasteiger partial charge on any atom is 0.308 e. The molecule has 1 unspecified atom stereocenters. The van der Waals surface area contributed by atoms with Gasteiger partial charge in [0.25, 0.3) is 5.56 Å². The number of Topliss-reactive ketones (excluding diaryl/α,β-unsaturated/α-hetero) is 1. The van der Waals surface area contributed by atoms with Crippen LogP contribution in [-0.2, 0) is 28.8 Å². The number of esters is 1. The van der Waals surface area contributed by atoms with E-state index in [1.165, 1.54) is 16.6 Å². The molecule has 6 nitrogen and oxygen atoms in total. The van der Waals surface area contributed by atoms with E-state index in [4.69, 9.17) is 9.72 Å². The third-order valence-corrected chi connectivity index (χ3v) is 6.86. The number of rotatable bonds is 6. The molecule has 0 saturated heterocycles. The molecule has 2 heterocycles. The first-order chi connectivity index (χ1) is 14.5. The number of carbonyl (C=O) groups is 2. The number of fused-ring (bicyclic) bond motifs is 3. The Morgan fingerprint density at radius 2 is 1.93 bits per heavy atom. The average molecular weight is 425 g/mol. The molecule has 156 valence electrons. The van der Waals surface area contributed by atoms with Gasteiger partial charge in [0.1, 0.15) is 16.7 Å². The van der Waals surface area contributed by atoms with E-state index in [2.05, 4.69) is 0 Å². The smallest absolute Gasteiger partial charge is 0.308 e.